The van der Waals surface area contributed by atoms with Crippen LogP contribution in [0.2, 0.25) is 0 Å². The molecule has 1 amide bonds. The van der Waals surface area contributed by atoms with Crippen molar-refractivity contribution in [2.45, 2.75) is 44.5 Å². The molecule has 1 unspecified atom stereocenters. The number of hydrogen-bond acceptors (Lipinski definition) is 7. The largest absolute Gasteiger partial charge is 0.447 e. The van der Waals surface area contributed by atoms with Gasteiger partial charge in [-0.1, -0.05) is 49.7 Å². The standard InChI is InChI=1S/C21H22N4O2S2/c1-3-4-7-11-29-21-22-19-18(23-24-21)16-8-5-6-9-17(16)25(14(2)26)20(27-19)15-10-12-28-13-15/h5-6,8-10,12-13,20H,3-4,7,11H2,1-2H3. The van der Waals surface area contributed by atoms with Crippen molar-refractivity contribution in [3.8, 4) is 17.1 Å². The van der Waals surface area contributed by atoms with E-state index in [4.69, 9.17) is 4.74 Å². The highest BCUT2D eigenvalue weighted by Crippen LogP contribution is 2.43. The van der Waals surface area contributed by atoms with E-state index in [0.29, 0.717) is 16.7 Å². The summed E-state index contributed by atoms with van der Waals surface area (Å²) in [4.78, 5) is 18.9. The maximum atomic E-state index is 12.6. The van der Waals surface area contributed by atoms with Crippen molar-refractivity contribution in [1.82, 2.24) is 15.2 Å². The van der Waals surface area contributed by atoms with Crippen LogP contribution in [0.1, 0.15) is 44.9 Å². The lowest BCUT2D eigenvalue weighted by Crippen LogP contribution is -2.35. The summed E-state index contributed by atoms with van der Waals surface area (Å²) in [6, 6.07) is 9.62. The second-order valence-electron chi connectivity index (χ2n) is 6.74. The summed E-state index contributed by atoms with van der Waals surface area (Å²) in [5, 5.41) is 13.3. The molecule has 6 nitrogen and oxygen atoms in total. The van der Waals surface area contributed by atoms with Gasteiger partial charge in [-0.05, 0) is 29.3 Å². The molecule has 29 heavy (non-hydrogen) atoms. The number of carbonyl (C=O) groups excluding carboxylic acids is 1. The average molecular weight is 427 g/mol. The first-order chi connectivity index (χ1) is 14.2. The number of hydrogen-bond donors (Lipinski definition) is 0. The molecule has 1 aromatic carbocycles. The van der Waals surface area contributed by atoms with Crippen LogP contribution in [0.3, 0.4) is 0 Å². The molecule has 0 bridgehead atoms. The van der Waals surface area contributed by atoms with E-state index in [-0.39, 0.29) is 5.91 Å². The Morgan fingerprint density at radius 3 is 2.86 bits per heavy atom. The molecule has 0 spiro atoms. The van der Waals surface area contributed by atoms with Crippen molar-refractivity contribution in [3.05, 3.63) is 46.7 Å². The van der Waals surface area contributed by atoms with Gasteiger partial charge in [0.15, 0.2) is 5.69 Å². The number of benzene rings is 1. The fourth-order valence-corrected chi connectivity index (χ4v) is 4.71. The minimum atomic E-state index is -0.601. The molecule has 1 atom stereocenters. The molecule has 0 radical (unpaired) electrons. The normalized spacial score (nSPS) is 15.2. The molecule has 4 rings (SSSR count). The van der Waals surface area contributed by atoms with Crippen LogP contribution in [0.4, 0.5) is 5.69 Å². The second-order valence-corrected chi connectivity index (χ2v) is 8.58. The number of aromatic nitrogens is 3. The summed E-state index contributed by atoms with van der Waals surface area (Å²) in [7, 11) is 0. The minimum Gasteiger partial charge on any atom is -0.447 e. The number of nitrogens with zero attached hydrogens (tertiary/aromatic N) is 4. The molecule has 3 heterocycles. The van der Waals surface area contributed by atoms with E-state index in [1.54, 1.807) is 34.9 Å². The molecule has 0 fully saturated rings. The number of carbonyl (C=O) groups is 1. The van der Waals surface area contributed by atoms with Gasteiger partial charge < -0.3 is 4.74 Å². The average Bonchev–Trinajstić information content (AvgIpc) is 3.21. The first-order valence-electron chi connectivity index (χ1n) is 9.64. The third-order valence-corrected chi connectivity index (χ3v) is 6.28. The number of thioether (sulfide) groups is 1. The number of thiophene rings is 1. The highest BCUT2D eigenvalue weighted by atomic mass is 32.2. The molecule has 150 valence electrons. The van der Waals surface area contributed by atoms with Gasteiger partial charge in [-0.15, -0.1) is 10.2 Å². The van der Waals surface area contributed by atoms with Crippen LogP contribution in [-0.4, -0.2) is 26.8 Å². The predicted molar refractivity (Wildman–Crippen MR) is 116 cm³/mol. The first-order valence-corrected chi connectivity index (χ1v) is 11.6. The van der Waals surface area contributed by atoms with E-state index >= 15 is 0 Å². The van der Waals surface area contributed by atoms with E-state index in [2.05, 4.69) is 22.1 Å². The maximum absolute atomic E-state index is 12.6. The zero-order valence-electron chi connectivity index (χ0n) is 16.4. The number of ether oxygens (including phenoxy) is 1. The van der Waals surface area contributed by atoms with Crippen molar-refractivity contribution in [2.75, 3.05) is 10.7 Å². The molecule has 0 saturated carbocycles. The van der Waals surface area contributed by atoms with Crippen molar-refractivity contribution < 1.29 is 9.53 Å². The molecule has 3 aromatic rings. The van der Waals surface area contributed by atoms with Crippen molar-refractivity contribution in [2.24, 2.45) is 0 Å². The van der Waals surface area contributed by atoms with Gasteiger partial charge in [0.25, 0.3) is 0 Å². The van der Waals surface area contributed by atoms with Gasteiger partial charge >= 0.3 is 0 Å². The van der Waals surface area contributed by atoms with Crippen molar-refractivity contribution in [3.63, 3.8) is 0 Å². The van der Waals surface area contributed by atoms with Crippen LogP contribution >= 0.6 is 23.1 Å². The number of anilines is 1. The predicted octanol–water partition coefficient (Wildman–Crippen LogP) is 5.33. The van der Waals surface area contributed by atoms with Crippen LogP contribution in [0, 0.1) is 0 Å². The highest BCUT2D eigenvalue weighted by Gasteiger charge is 2.34. The van der Waals surface area contributed by atoms with Gasteiger partial charge in [0, 0.05) is 23.8 Å². The zero-order chi connectivity index (χ0) is 20.2. The Balaban J connectivity index is 1.77. The Morgan fingerprint density at radius 2 is 2.10 bits per heavy atom. The summed E-state index contributed by atoms with van der Waals surface area (Å²) in [5.74, 6) is 1.24. The van der Waals surface area contributed by atoms with Gasteiger partial charge in [0.05, 0.1) is 5.69 Å². The first kappa shape index (κ1) is 19.8. The number of amides is 1. The van der Waals surface area contributed by atoms with Crippen molar-refractivity contribution >= 4 is 34.7 Å². The van der Waals surface area contributed by atoms with E-state index in [9.17, 15) is 4.79 Å². The van der Waals surface area contributed by atoms with Gasteiger partial charge in [0.2, 0.25) is 23.2 Å². The second kappa shape index (κ2) is 8.92. The Hall–Kier alpha value is -2.45. The Labute approximate surface area is 178 Å². The van der Waals surface area contributed by atoms with E-state index < -0.39 is 6.23 Å². The van der Waals surface area contributed by atoms with Gasteiger partial charge in [-0.25, -0.2) is 0 Å². The lowest BCUT2D eigenvalue weighted by atomic mass is 10.1. The summed E-state index contributed by atoms with van der Waals surface area (Å²) >= 11 is 3.15. The monoisotopic (exact) mass is 426 g/mol. The Bertz CT molecular complexity index is 994. The smallest absolute Gasteiger partial charge is 0.247 e. The minimum absolute atomic E-state index is 0.108. The lowest BCUT2D eigenvalue weighted by molar-refractivity contribution is -0.118. The Kier molecular flexibility index (Phi) is 6.10. The van der Waals surface area contributed by atoms with Crippen LogP contribution in [0.5, 0.6) is 5.88 Å². The van der Waals surface area contributed by atoms with Gasteiger partial charge in [-0.3, -0.25) is 9.69 Å². The van der Waals surface area contributed by atoms with E-state index in [0.717, 1.165) is 29.0 Å². The van der Waals surface area contributed by atoms with Crippen LogP contribution < -0.4 is 9.64 Å². The summed E-state index contributed by atoms with van der Waals surface area (Å²) in [5.41, 5.74) is 3.00. The number of rotatable bonds is 6. The van der Waals surface area contributed by atoms with Gasteiger partial charge in [0.1, 0.15) is 0 Å². The van der Waals surface area contributed by atoms with Crippen LogP contribution in [-0.2, 0) is 4.79 Å². The molecule has 0 aliphatic carbocycles. The molecule has 0 saturated heterocycles. The fraction of sp³-hybridized carbons (Fsp3) is 0.333. The fourth-order valence-electron chi connectivity index (χ4n) is 3.26. The molecular weight excluding hydrogens is 404 g/mol. The molecular formula is C21H22N4O2S2. The third-order valence-electron chi connectivity index (χ3n) is 4.66. The molecule has 1 aliphatic rings. The lowest BCUT2D eigenvalue weighted by Gasteiger charge is -2.29. The summed E-state index contributed by atoms with van der Waals surface area (Å²) in [6.07, 6.45) is 2.87. The SMILES string of the molecule is CCCCCSc1nnc2c(n1)OC(c1ccsc1)N(C(C)=O)c1ccccc1-2. The number of fused-ring (bicyclic) bond motifs is 3. The maximum Gasteiger partial charge on any atom is 0.247 e. The Morgan fingerprint density at radius 1 is 1.24 bits per heavy atom. The topological polar surface area (TPSA) is 68.2 Å². The summed E-state index contributed by atoms with van der Waals surface area (Å²) < 4.78 is 6.31. The third kappa shape index (κ3) is 4.13. The quantitative estimate of drug-likeness (QED) is 0.392. The van der Waals surface area contributed by atoms with E-state index in [1.165, 1.54) is 12.8 Å². The van der Waals surface area contributed by atoms with E-state index in [1.807, 2.05) is 41.1 Å². The zero-order valence-corrected chi connectivity index (χ0v) is 18.0. The van der Waals surface area contributed by atoms with Gasteiger partial charge in [-0.2, -0.15) is 16.3 Å². The highest BCUT2D eigenvalue weighted by molar-refractivity contribution is 7.99. The van der Waals surface area contributed by atoms with Crippen LogP contribution in [0.25, 0.3) is 11.3 Å². The van der Waals surface area contributed by atoms with Crippen LogP contribution in [0.15, 0.2) is 46.2 Å². The molecule has 1 aliphatic heterocycles. The molecule has 2 aromatic heterocycles. The summed E-state index contributed by atoms with van der Waals surface area (Å²) in [6.45, 7) is 3.73. The molecule has 8 heteroatoms. The number of para-hydroxylation sites is 1. The van der Waals surface area contributed by atoms with Crippen molar-refractivity contribution in [1.29, 1.82) is 0 Å². The molecule has 0 N–H and O–H groups in total. The number of unbranched alkanes of at least 4 members (excludes halogenated alkanes) is 2.